The highest BCUT2D eigenvalue weighted by Crippen LogP contribution is 2.13. The highest BCUT2D eigenvalue weighted by Gasteiger charge is 2.12. The topological polar surface area (TPSA) is 46.5 Å². The highest BCUT2D eigenvalue weighted by molar-refractivity contribution is 7.99. The fourth-order valence-corrected chi connectivity index (χ4v) is 1.80. The summed E-state index contributed by atoms with van der Waals surface area (Å²) in [7, 11) is 0. The molecule has 84 valence electrons. The molecule has 0 aromatic heterocycles. The van der Waals surface area contributed by atoms with Crippen LogP contribution in [0.15, 0.2) is 0 Å². The average Bonchev–Trinajstić information content (AvgIpc) is 1.95. The Labute approximate surface area is 90.2 Å². The van der Waals surface area contributed by atoms with E-state index in [9.17, 15) is 9.90 Å². The zero-order valence-corrected chi connectivity index (χ0v) is 10.2. The van der Waals surface area contributed by atoms with Gasteiger partial charge in [0.25, 0.3) is 0 Å². The van der Waals surface area contributed by atoms with Crippen molar-refractivity contribution in [2.24, 2.45) is 0 Å². The molecule has 0 aliphatic heterocycles. The maximum atomic E-state index is 11.1. The molecular formula is C10H20O3S. The second-order valence-electron chi connectivity index (χ2n) is 4.15. The molecule has 0 radical (unpaired) electrons. The predicted molar refractivity (Wildman–Crippen MR) is 59.5 cm³/mol. The van der Waals surface area contributed by atoms with Crippen LogP contribution in [0.5, 0.6) is 0 Å². The van der Waals surface area contributed by atoms with Crippen molar-refractivity contribution in [1.82, 2.24) is 0 Å². The van der Waals surface area contributed by atoms with Gasteiger partial charge in [0.05, 0.1) is 17.5 Å². The molecule has 0 saturated carbocycles. The van der Waals surface area contributed by atoms with Crippen LogP contribution in [0.4, 0.5) is 0 Å². The van der Waals surface area contributed by atoms with E-state index < -0.39 is 5.60 Å². The van der Waals surface area contributed by atoms with Crippen LogP contribution in [-0.2, 0) is 9.53 Å². The van der Waals surface area contributed by atoms with Crippen molar-refractivity contribution in [3.63, 3.8) is 0 Å². The van der Waals surface area contributed by atoms with Crippen molar-refractivity contribution in [2.75, 3.05) is 11.5 Å². The van der Waals surface area contributed by atoms with Crippen molar-refractivity contribution in [3.05, 3.63) is 0 Å². The summed E-state index contributed by atoms with van der Waals surface area (Å²) in [5, 5.41) is 9.40. The van der Waals surface area contributed by atoms with Crippen LogP contribution in [0.25, 0.3) is 0 Å². The van der Waals surface area contributed by atoms with E-state index in [0.29, 0.717) is 12.2 Å². The van der Waals surface area contributed by atoms with E-state index in [0.717, 1.165) is 5.75 Å². The Morgan fingerprint density at radius 2 is 2.07 bits per heavy atom. The number of carbonyl (C=O) groups excluding carboxylic acids is 1. The van der Waals surface area contributed by atoms with E-state index in [-0.39, 0.29) is 12.1 Å². The van der Waals surface area contributed by atoms with Crippen LogP contribution in [0.2, 0.25) is 0 Å². The molecule has 0 aliphatic rings. The van der Waals surface area contributed by atoms with Gasteiger partial charge in [-0.3, -0.25) is 4.79 Å². The Kier molecular flexibility index (Phi) is 6.20. The molecule has 0 aliphatic carbocycles. The number of rotatable bonds is 6. The lowest BCUT2D eigenvalue weighted by Gasteiger charge is -2.16. The van der Waals surface area contributed by atoms with E-state index in [2.05, 4.69) is 0 Å². The first-order chi connectivity index (χ1) is 6.31. The first kappa shape index (κ1) is 13.8. The minimum Gasteiger partial charge on any atom is -0.462 e. The monoisotopic (exact) mass is 220 g/mol. The van der Waals surface area contributed by atoms with Gasteiger partial charge in [-0.15, -0.1) is 0 Å². The first-order valence-corrected chi connectivity index (χ1v) is 5.96. The van der Waals surface area contributed by atoms with Gasteiger partial charge >= 0.3 is 5.97 Å². The quantitative estimate of drug-likeness (QED) is 0.548. The molecule has 0 aromatic carbocycles. The number of esters is 1. The molecule has 0 atom stereocenters. The maximum absolute atomic E-state index is 11.1. The minimum atomic E-state index is -0.644. The van der Waals surface area contributed by atoms with Crippen LogP contribution in [0, 0.1) is 0 Å². The fraction of sp³-hybridized carbons (Fsp3) is 0.900. The zero-order valence-electron chi connectivity index (χ0n) is 9.37. The molecular weight excluding hydrogens is 200 g/mol. The molecule has 1 N–H and O–H groups in total. The van der Waals surface area contributed by atoms with Gasteiger partial charge in [0.2, 0.25) is 0 Å². The van der Waals surface area contributed by atoms with Crippen LogP contribution in [0.3, 0.4) is 0 Å². The van der Waals surface area contributed by atoms with Gasteiger partial charge < -0.3 is 9.84 Å². The summed E-state index contributed by atoms with van der Waals surface area (Å²) in [6.45, 7) is 7.19. The lowest BCUT2D eigenvalue weighted by Crippen LogP contribution is -2.20. The van der Waals surface area contributed by atoms with Crippen LogP contribution < -0.4 is 0 Å². The van der Waals surface area contributed by atoms with Gasteiger partial charge in [-0.05, 0) is 39.9 Å². The molecule has 0 bridgehead atoms. The summed E-state index contributed by atoms with van der Waals surface area (Å²) >= 11 is 1.50. The van der Waals surface area contributed by atoms with Crippen LogP contribution >= 0.6 is 11.8 Å². The Bertz CT molecular complexity index is 173. The smallest absolute Gasteiger partial charge is 0.316 e. The van der Waals surface area contributed by atoms with Gasteiger partial charge in [0.15, 0.2) is 0 Å². The van der Waals surface area contributed by atoms with Gasteiger partial charge in [-0.1, -0.05) is 0 Å². The third kappa shape index (κ3) is 9.86. The van der Waals surface area contributed by atoms with Gasteiger partial charge in [-0.2, -0.15) is 11.8 Å². The summed E-state index contributed by atoms with van der Waals surface area (Å²) in [6, 6.07) is 0. The molecule has 0 spiro atoms. The molecule has 0 rings (SSSR count). The van der Waals surface area contributed by atoms with Gasteiger partial charge in [-0.25, -0.2) is 0 Å². The van der Waals surface area contributed by atoms with Gasteiger partial charge in [0.1, 0.15) is 0 Å². The molecule has 0 heterocycles. The molecule has 0 aromatic rings. The minimum absolute atomic E-state index is 0.0441. The fourth-order valence-electron chi connectivity index (χ4n) is 0.774. The van der Waals surface area contributed by atoms with E-state index in [1.807, 2.05) is 13.8 Å². The molecule has 0 saturated heterocycles. The molecule has 0 amide bonds. The Balaban J connectivity index is 3.41. The highest BCUT2D eigenvalue weighted by atomic mass is 32.2. The van der Waals surface area contributed by atoms with Crippen LogP contribution in [0.1, 0.15) is 34.1 Å². The van der Waals surface area contributed by atoms with Crippen molar-refractivity contribution < 1.29 is 14.6 Å². The maximum Gasteiger partial charge on any atom is 0.316 e. The number of ether oxygens (including phenoxy) is 1. The summed E-state index contributed by atoms with van der Waals surface area (Å²) < 4.78 is 4.96. The second kappa shape index (κ2) is 6.30. The normalized spacial score (nSPS) is 11.9. The third-order valence-corrected chi connectivity index (χ3v) is 2.38. The summed E-state index contributed by atoms with van der Waals surface area (Å²) in [4.78, 5) is 11.1. The average molecular weight is 220 g/mol. The lowest BCUT2D eigenvalue weighted by molar-refractivity contribution is -0.144. The molecule has 0 unspecified atom stereocenters. The van der Waals surface area contributed by atoms with Gasteiger partial charge in [0, 0.05) is 0 Å². The Morgan fingerprint density at radius 1 is 1.50 bits per heavy atom. The SMILES string of the molecule is CC(C)OC(=O)CSCCC(C)(C)O. The molecule has 3 nitrogen and oxygen atoms in total. The standard InChI is InChI=1S/C10H20O3S/c1-8(2)13-9(11)7-14-6-5-10(3,4)12/h8,12H,5-7H2,1-4H3. The first-order valence-electron chi connectivity index (χ1n) is 4.81. The zero-order chi connectivity index (χ0) is 11.2. The Morgan fingerprint density at radius 3 is 2.50 bits per heavy atom. The van der Waals surface area contributed by atoms with E-state index in [1.165, 1.54) is 11.8 Å². The number of thioether (sulfide) groups is 1. The van der Waals surface area contributed by atoms with Crippen molar-refractivity contribution in [2.45, 2.75) is 45.8 Å². The van der Waals surface area contributed by atoms with Crippen LogP contribution in [-0.4, -0.2) is 34.3 Å². The number of hydrogen-bond donors (Lipinski definition) is 1. The third-order valence-electron chi connectivity index (χ3n) is 1.45. The molecule has 0 fully saturated rings. The van der Waals surface area contributed by atoms with Crippen molar-refractivity contribution in [1.29, 1.82) is 0 Å². The lowest BCUT2D eigenvalue weighted by atomic mass is 10.1. The number of carbonyl (C=O) groups is 1. The number of hydrogen-bond acceptors (Lipinski definition) is 4. The summed E-state index contributed by atoms with van der Waals surface area (Å²) in [5.74, 6) is 0.964. The summed E-state index contributed by atoms with van der Waals surface area (Å²) in [6.07, 6.45) is 0.643. The number of aliphatic hydroxyl groups is 1. The second-order valence-corrected chi connectivity index (χ2v) is 5.26. The van der Waals surface area contributed by atoms with E-state index >= 15 is 0 Å². The summed E-state index contributed by atoms with van der Waals surface area (Å²) in [5.41, 5.74) is -0.644. The molecule has 14 heavy (non-hydrogen) atoms. The van der Waals surface area contributed by atoms with E-state index in [1.54, 1.807) is 13.8 Å². The van der Waals surface area contributed by atoms with E-state index in [4.69, 9.17) is 4.74 Å². The van der Waals surface area contributed by atoms with Crippen molar-refractivity contribution >= 4 is 17.7 Å². The molecule has 4 heteroatoms. The largest absolute Gasteiger partial charge is 0.462 e. The predicted octanol–water partition coefficient (Wildman–Crippen LogP) is 1.83. The van der Waals surface area contributed by atoms with Crippen molar-refractivity contribution in [3.8, 4) is 0 Å². The Hall–Kier alpha value is -0.220.